The molecule has 0 radical (unpaired) electrons. The molecule has 1 aromatic carbocycles. The van der Waals surface area contributed by atoms with Crippen LogP contribution in [0.2, 0.25) is 0 Å². The zero-order valence-corrected chi connectivity index (χ0v) is 27.9. The molecule has 4 fully saturated rings. The second-order valence-corrected chi connectivity index (χ2v) is 15.2. The Morgan fingerprint density at radius 3 is 2.33 bits per heavy atom. The molecule has 5 rings (SSSR count). The van der Waals surface area contributed by atoms with Gasteiger partial charge in [-0.25, -0.2) is 4.79 Å². The summed E-state index contributed by atoms with van der Waals surface area (Å²) in [5, 5.41) is 2.87. The number of nitrogens with one attached hydrogen (secondary N) is 1. The van der Waals surface area contributed by atoms with Gasteiger partial charge in [0.1, 0.15) is 17.9 Å². The van der Waals surface area contributed by atoms with Gasteiger partial charge in [-0.2, -0.15) is 0 Å². The third-order valence-corrected chi connectivity index (χ3v) is 12.4. The Morgan fingerprint density at radius 2 is 1.67 bits per heavy atom. The number of anilines is 1. The molecule has 9 atom stereocenters. The lowest BCUT2D eigenvalue weighted by molar-refractivity contribution is -0.168. The molecule has 0 spiro atoms. The molecule has 1 N–H and O–H groups in total. The van der Waals surface area contributed by atoms with Gasteiger partial charge in [-0.05, 0) is 91.7 Å². The van der Waals surface area contributed by atoms with E-state index in [4.69, 9.17) is 27.9 Å². The minimum atomic E-state index is -0.736. The number of fused-ring (bicyclic) bond motifs is 5. The summed E-state index contributed by atoms with van der Waals surface area (Å²) in [5.41, 5.74) is 2.18. The van der Waals surface area contributed by atoms with Crippen molar-refractivity contribution >= 4 is 46.5 Å². The molecule has 0 unspecified atom stereocenters. The molecule has 1 amide bonds. The van der Waals surface area contributed by atoms with Crippen LogP contribution in [0, 0.1) is 40.4 Å². The predicted octanol–water partition coefficient (Wildman–Crippen LogP) is 6.79. The summed E-state index contributed by atoms with van der Waals surface area (Å²) in [4.78, 5) is 40.5. The Labute approximate surface area is 268 Å². The zero-order chi connectivity index (χ0) is 30.9. The van der Waals surface area contributed by atoms with Gasteiger partial charge in [0.05, 0.1) is 0 Å². The molecule has 0 saturated heterocycles. The molecule has 4 aliphatic rings. The van der Waals surface area contributed by atoms with Gasteiger partial charge < -0.3 is 15.0 Å². The summed E-state index contributed by atoms with van der Waals surface area (Å²) in [6.07, 6.45) is 8.50. The van der Waals surface area contributed by atoms with E-state index < -0.39 is 6.04 Å². The van der Waals surface area contributed by atoms with E-state index in [2.05, 4.69) is 31.0 Å². The Kier molecular flexibility index (Phi) is 10.1. The highest BCUT2D eigenvalue weighted by molar-refractivity contribution is 6.18. The molecule has 6 nitrogen and oxygen atoms in total. The predicted molar refractivity (Wildman–Crippen MR) is 173 cm³/mol. The minimum absolute atomic E-state index is 0.0488. The number of hydrogen-bond donors (Lipinski definition) is 1. The maximum Gasteiger partial charge on any atom is 0.329 e. The van der Waals surface area contributed by atoms with Crippen LogP contribution in [0.5, 0.6) is 0 Å². The van der Waals surface area contributed by atoms with Crippen molar-refractivity contribution in [2.75, 3.05) is 29.7 Å². The van der Waals surface area contributed by atoms with E-state index in [-0.39, 0.29) is 34.7 Å². The molecule has 4 aliphatic carbocycles. The minimum Gasteiger partial charge on any atom is -0.460 e. The number of carbonyl (C=O) groups excluding carboxylic acids is 3. The van der Waals surface area contributed by atoms with Crippen LogP contribution in [0.3, 0.4) is 0 Å². The Bertz CT molecular complexity index is 1170. The number of alkyl halides is 2. The van der Waals surface area contributed by atoms with Crippen LogP contribution in [0.15, 0.2) is 24.3 Å². The second kappa shape index (κ2) is 13.3. The summed E-state index contributed by atoms with van der Waals surface area (Å²) in [7, 11) is 0. The third kappa shape index (κ3) is 6.48. The quantitative estimate of drug-likeness (QED) is 0.227. The molecule has 0 aliphatic heterocycles. The molecule has 43 heavy (non-hydrogen) atoms. The Morgan fingerprint density at radius 1 is 1.00 bits per heavy atom. The number of rotatable bonds is 10. The first-order valence-corrected chi connectivity index (χ1v) is 17.5. The van der Waals surface area contributed by atoms with Gasteiger partial charge in [-0.1, -0.05) is 32.9 Å². The van der Waals surface area contributed by atoms with Crippen LogP contribution < -0.4 is 10.2 Å². The van der Waals surface area contributed by atoms with Crippen LogP contribution in [0.25, 0.3) is 0 Å². The Balaban J connectivity index is 1.26. The van der Waals surface area contributed by atoms with E-state index in [1.165, 1.54) is 13.3 Å². The van der Waals surface area contributed by atoms with Crippen LogP contribution in [-0.4, -0.2) is 54.7 Å². The topological polar surface area (TPSA) is 75.7 Å². The van der Waals surface area contributed by atoms with Crippen LogP contribution in [0.1, 0.15) is 84.6 Å². The fourth-order valence-electron chi connectivity index (χ4n) is 9.86. The molecule has 4 saturated carbocycles. The van der Waals surface area contributed by atoms with Crippen molar-refractivity contribution in [2.45, 2.75) is 97.6 Å². The van der Waals surface area contributed by atoms with Gasteiger partial charge in [0.15, 0.2) is 0 Å². The van der Waals surface area contributed by atoms with Crippen molar-refractivity contribution in [3.63, 3.8) is 0 Å². The molecule has 0 aromatic heterocycles. The summed E-state index contributed by atoms with van der Waals surface area (Å²) in [5.74, 6) is 3.40. The molecule has 1 aromatic rings. The molecule has 0 bridgehead atoms. The van der Waals surface area contributed by atoms with Gasteiger partial charge in [-0.15, -0.1) is 23.2 Å². The fraction of sp³-hybridized carbons (Fsp3) is 0.743. The average molecular weight is 634 g/mol. The summed E-state index contributed by atoms with van der Waals surface area (Å²) in [6.45, 7) is 9.81. The number of amides is 1. The molecule has 8 heteroatoms. The van der Waals surface area contributed by atoms with E-state index in [1.54, 1.807) is 0 Å². The average Bonchev–Trinajstić information content (AvgIpc) is 3.29. The van der Waals surface area contributed by atoms with Crippen molar-refractivity contribution in [3.05, 3.63) is 29.8 Å². The lowest BCUT2D eigenvalue weighted by Gasteiger charge is -2.60. The monoisotopic (exact) mass is 632 g/mol. The number of halogens is 2. The van der Waals surface area contributed by atoms with Crippen LogP contribution in [-0.2, 0) is 25.5 Å². The normalized spacial score (nSPS) is 35.7. The van der Waals surface area contributed by atoms with Gasteiger partial charge in [0.25, 0.3) is 0 Å². The summed E-state index contributed by atoms with van der Waals surface area (Å²) >= 11 is 12.0. The van der Waals surface area contributed by atoms with Gasteiger partial charge in [-0.3, -0.25) is 9.59 Å². The van der Waals surface area contributed by atoms with E-state index >= 15 is 0 Å². The molecular weight excluding hydrogens is 583 g/mol. The second-order valence-electron chi connectivity index (χ2n) is 14.5. The smallest absolute Gasteiger partial charge is 0.329 e. The zero-order valence-electron chi connectivity index (χ0n) is 26.4. The number of Topliss-reactive ketones (excluding diaryl/α,β-unsaturated/α-hetero) is 1. The molecule has 238 valence electrons. The number of esters is 1. The van der Waals surface area contributed by atoms with Crippen LogP contribution >= 0.6 is 23.2 Å². The molecular formula is C35H50Cl2N2O4. The lowest BCUT2D eigenvalue weighted by atomic mass is 9.44. The summed E-state index contributed by atoms with van der Waals surface area (Å²) in [6, 6.07) is 7.29. The van der Waals surface area contributed by atoms with Crippen molar-refractivity contribution in [1.29, 1.82) is 0 Å². The maximum absolute atomic E-state index is 13.7. The van der Waals surface area contributed by atoms with Gasteiger partial charge in [0.2, 0.25) is 5.91 Å². The third-order valence-electron chi connectivity index (χ3n) is 12.1. The number of ketones is 1. The van der Waals surface area contributed by atoms with Crippen molar-refractivity contribution in [1.82, 2.24) is 5.32 Å². The summed E-state index contributed by atoms with van der Waals surface area (Å²) < 4.78 is 6.35. The number of carbonyl (C=O) groups is 3. The van der Waals surface area contributed by atoms with E-state index in [9.17, 15) is 14.4 Å². The standard InChI is InChI=1S/C35H50Cl2N2O4/c1-22-21-35(4)25(20-31(22)41)7-10-27-28-11-12-32(34(28,3)14-13-29(27)35)43-33(42)30(38-23(2)40)19-24-5-8-26(9-6-24)39(17-15-36)18-16-37/h5-6,8-9,22,25,27-30,32H,7,10-21H2,1-4H3,(H,38,40)/t22-,25+,27+,28+,29+,30-,32+,34+,35+/m1/s1. The van der Waals surface area contributed by atoms with E-state index in [0.717, 1.165) is 56.2 Å². The maximum atomic E-state index is 13.7. The SMILES string of the molecule is CC(=O)N[C@H](Cc1ccc(N(CCCl)CCCl)cc1)C(=O)O[C@H]1CC[C@H]2[C@@H]3CC[C@H]4CC(=O)[C@H](C)C[C@]4(C)[C@H]3CC[C@]12C. The highest BCUT2D eigenvalue weighted by Gasteiger charge is 2.61. The Hall–Kier alpha value is -1.79. The largest absolute Gasteiger partial charge is 0.460 e. The van der Waals surface area contributed by atoms with Crippen LogP contribution in [0.4, 0.5) is 5.69 Å². The first-order valence-electron chi connectivity index (χ1n) is 16.5. The number of nitrogens with zero attached hydrogens (tertiary/aromatic N) is 1. The van der Waals surface area contributed by atoms with Crippen molar-refractivity contribution in [3.8, 4) is 0 Å². The lowest BCUT2D eigenvalue weighted by Crippen LogP contribution is -2.55. The molecule has 0 heterocycles. The fourth-order valence-corrected chi connectivity index (χ4v) is 10.3. The van der Waals surface area contributed by atoms with E-state index in [0.29, 0.717) is 60.7 Å². The first kappa shape index (κ1) is 32.6. The number of hydrogen-bond acceptors (Lipinski definition) is 5. The van der Waals surface area contributed by atoms with E-state index in [1.807, 2.05) is 24.3 Å². The van der Waals surface area contributed by atoms with Gasteiger partial charge >= 0.3 is 5.97 Å². The van der Waals surface area contributed by atoms with Crippen molar-refractivity contribution < 1.29 is 19.1 Å². The van der Waals surface area contributed by atoms with Crippen molar-refractivity contribution in [2.24, 2.45) is 40.4 Å². The first-order chi connectivity index (χ1) is 20.5. The number of benzene rings is 1. The number of ether oxygens (including phenoxy) is 1. The highest BCUT2D eigenvalue weighted by Crippen LogP contribution is 2.66. The van der Waals surface area contributed by atoms with Gasteiger partial charge in [0, 0.05) is 61.6 Å². The highest BCUT2D eigenvalue weighted by atomic mass is 35.5.